The summed E-state index contributed by atoms with van der Waals surface area (Å²) in [5, 5.41) is 23.9. The van der Waals surface area contributed by atoms with Gasteiger partial charge in [0.1, 0.15) is 24.9 Å². The van der Waals surface area contributed by atoms with Crippen LogP contribution in [0, 0.1) is 0 Å². The van der Waals surface area contributed by atoms with E-state index in [4.69, 9.17) is 21.1 Å². The Balaban J connectivity index is 1.20. The van der Waals surface area contributed by atoms with E-state index in [9.17, 15) is 10.2 Å². The summed E-state index contributed by atoms with van der Waals surface area (Å²) in [5.41, 5.74) is 5.64. The lowest BCUT2D eigenvalue weighted by Crippen LogP contribution is -2.45. The minimum absolute atomic E-state index is 0.235. The van der Waals surface area contributed by atoms with E-state index in [1.807, 2.05) is 48.5 Å². The number of imidazole rings is 1. The third-order valence-electron chi connectivity index (χ3n) is 6.34. The van der Waals surface area contributed by atoms with Gasteiger partial charge in [-0.2, -0.15) is 10.1 Å². The van der Waals surface area contributed by atoms with Crippen molar-refractivity contribution in [3.05, 3.63) is 72.3 Å². The number of hydrogen-bond acceptors (Lipinski definition) is 8. The van der Waals surface area contributed by atoms with Crippen molar-refractivity contribution in [3.63, 3.8) is 0 Å². The second kappa shape index (κ2) is 9.91. The minimum atomic E-state index is -0.804. The molecule has 4 heterocycles. The van der Waals surface area contributed by atoms with Crippen LogP contribution in [0.25, 0.3) is 39.2 Å². The second-order valence-electron chi connectivity index (χ2n) is 8.79. The Hall–Kier alpha value is -3.83. The number of nitrogens with zero attached hydrogens (tertiary/aromatic N) is 5. The molecule has 1 aliphatic heterocycles. The highest BCUT2D eigenvalue weighted by atomic mass is 35.5. The molecule has 6 rings (SSSR count). The van der Waals surface area contributed by atoms with Crippen molar-refractivity contribution in [1.29, 1.82) is 0 Å². The zero-order valence-corrected chi connectivity index (χ0v) is 20.3. The molecule has 5 aromatic rings. The monoisotopic (exact) mass is 518 g/mol. The standard InChI is InChI=1S/C26H23ClN6O4/c27-20-10-21-25(32-26(30-21)37-19-9-22(35)23(11-34)36-12-19)31-24(20)17-3-1-15(2-4-17)16-5-7-18(8-6-16)33-14-28-13-29-33/h1-8,10,13-14,19,22-23,34-35H,9,11-12H2,(H,30,31,32)/t19-,22+,23-/m1/s1. The van der Waals surface area contributed by atoms with Gasteiger partial charge in [0.15, 0.2) is 5.65 Å². The molecule has 2 aromatic carbocycles. The number of nitrogens with one attached hydrogen (secondary N) is 1. The number of aliphatic hydroxyl groups is 2. The minimum Gasteiger partial charge on any atom is -0.459 e. The van der Waals surface area contributed by atoms with Gasteiger partial charge in [0.25, 0.3) is 6.01 Å². The van der Waals surface area contributed by atoms with Gasteiger partial charge in [0, 0.05) is 12.0 Å². The molecular formula is C26H23ClN6O4. The summed E-state index contributed by atoms with van der Waals surface area (Å²) in [6.07, 6.45) is 1.70. The van der Waals surface area contributed by atoms with Crippen molar-refractivity contribution in [1.82, 2.24) is 29.7 Å². The van der Waals surface area contributed by atoms with Crippen molar-refractivity contribution in [2.75, 3.05) is 13.2 Å². The molecule has 0 radical (unpaired) electrons. The first-order valence-corrected chi connectivity index (χ1v) is 12.1. The summed E-state index contributed by atoms with van der Waals surface area (Å²) in [5.74, 6) is 0. The van der Waals surface area contributed by atoms with E-state index in [0.29, 0.717) is 28.3 Å². The van der Waals surface area contributed by atoms with Gasteiger partial charge >= 0.3 is 0 Å². The average molecular weight is 519 g/mol. The van der Waals surface area contributed by atoms with E-state index >= 15 is 0 Å². The molecule has 0 saturated carbocycles. The number of pyridine rings is 1. The largest absolute Gasteiger partial charge is 0.459 e. The van der Waals surface area contributed by atoms with Gasteiger partial charge in [-0.3, -0.25) is 0 Å². The van der Waals surface area contributed by atoms with Crippen LogP contribution in [-0.2, 0) is 4.74 Å². The zero-order valence-electron chi connectivity index (χ0n) is 19.5. The Kier molecular flexibility index (Phi) is 6.31. The molecule has 1 aliphatic rings. The Morgan fingerprint density at radius 3 is 2.46 bits per heavy atom. The van der Waals surface area contributed by atoms with E-state index in [-0.39, 0.29) is 19.2 Å². The van der Waals surface area contributed by atoms with Gasteiger partial charge in [-0.1, -0.05) is 48.0 Å². The van der Waals surface area contributed by atoms with Crippen LogP contribution in [0.2, 0.25) is 5.02 Å². The fraction of sp³-hybridized carbons (Fsp3) is 0.231. The van der Waals surface area contributed by atoms with Crippen LogP contribution in [0.1, 0.15) is 6.42 Å². The van der Waals surface area contributed by atoms with E-state index in [1.54, 1.807) is 17.1 Å². The zero-order chi connectivity index (χ0) is 25.4. The number of ether oxygens (including phenoxy) is 2. The lowest BCUT2D eigenvalue weighted by Gasteiger charge is -2.31. The number of benzene rings is 2. The van der Waals surface area contributed by atoms with Gasteiger partial charge in [-0.05, 0) is 29.3 Å². The number of rotatable bonds is 6. The molecule has 10 nitrogen and oxygen atoms in total. The third-order valence-corrected chi connectivity index (χ3v) is 6.62. The van der Waals surface area contributed by atoms with E-state index < -0.39 is 18.3 Å². The van der Waals surface area contributed by atoms with E-state index in [2.05, 4.69) is 25.0 Å². The molecule has 1 saturated heterocycles. The summed E-state index contributed by atoms with van der Waals surface area (Å²) >= 11 is 6.57. The van der Waals surface area contributed by atoms with Crippen molar-refractivity contribution in [3.8, 4) is 34.1 Å². The summed E-state index contributed by atoms with van der Waals surface area (Å²) in [6.45, 7) is 0.00920. The molecule has 0 aliphatic carbocycles. The first-order chi connectivity index (χ1) is 18.1. The number of aromatic amines is 1. The van der Waals surface area contributed by atoms with E-state index in [1.165, 1.54) is 6.33 Å². The second-order valence-corrected chi connectivity index (χ2v) is 9.20. The quantitative estimate of drug-likeness (QED) is 0.311. The normalized spacial score (nSPS) is 19.8. The van der Waals surface area contributed by atoms with E-state index in [0.717, 1.165) is 22.4 Å². The van der Waals surface area contributed by atoms with Crippen LogP contribution in [0.4, 0.5) is 0 Å². The van der Waals surface area contributed by atoms with Crippen LogP contribution in [0.5, 0.6) is 6.01 Å². The molecule has 0 amide bonds. The predicted molar refractivity (Wildman–Crippen MR) is 137 cm³/mol. The van der Waals surface area contributed by atoms with Gasteiger partial charge in [0.2, 0.25) is 0 Å². The maximum atomic E-state index is 10.1. The van der Waals surface area contributed by atoms with Gasteiger partial charge in [0.05, 0.1) is 41.2 Å². The van der Waals surface area contributed by atoms with Gasteiger partial charge < -0.3 is 24.7 Å². The molecule has 1 fully saturated rings. The van der Waals surface area contributed by atoms with Crippen LogP contribution in [0.15, 0.2) is 67.3 Å². The Morgan fingerprint density at radius 2 is 1.78 bits per heavy atom. The molecule has 11 heteroatoms. The van der Waals surface area contributed by atoms with Crippen LogP contribution >= 0.6 is 11.6 Å². The SMILES string of the molecule is OC[C@H]1OC[C@H](Oc2nc3nc(-c4ccc(-c5ccc(-n6cncn6)cc5)cc4)c(Cl)cc3[nH]2)C[C@@H]1O. The van der Waals surface area contributed by atoms with Gasteiger partial charge in [-0.25, -0.2) is 14.6 Å². The third kappa shape index (κ3) is 4.79. The average Bonchev–Trinajstić information content (AvgIpc) is 3.59. The Labute approximate surface area is 216 Å². The van der Waals surface area contributed by atoms with Gasteiger partial charge in [-0.15, -0.1) is 0 Å². The number of aromatic nitrogens is 6. The molecule has 37 heavy (non-hydrogen) atoms. The molecule has 188 valence electrons. The lowest BCUT2D eigenvalue weighted by atomic mass is 10.0. The number of hydrogen-bond donors (Lipinski definition) is 3. The lowest BCUT2D eigenvalue weighted by molar-refractivity contribution is -0.131. The van der Waals surface area contributed by atoms with Crippen molar-refractivity contribution < 1.29 is 19.7 Å². The number of aliphatic hydroxyl groups excluding tert-OH is 2. The number of halogens is 1. The van der Waals surface area contributed by atoms with Crippen LogP contribution < -0.4 is 4.74 Å². The molecule has 0 unspecified atom stereocenters. The molecule has 0 bridgehead atoms. The smallest absolute Gasteiger partial charge is 0.296 e. The van der Waals surface area contributed by atoms with Crippen molar-refractivity contribution >= 4 is 22.8 Å². The number of H-pyrrole nitrogens is 1. The maximum absolute atomic E-state index is 10.1. The molecule has 3 atom stereocenters. The summed E-state index contributed by atoms with van der Waals surface area (Å²) < 4.78 is 13.0. The van der Waals surface area contributed by atoms with Crippen LogP contribution in [0.3, 0.4) is 0 Å². The maximum Gasteiger partial charge on any atom is 0.296 e. The highest BCUT2D eigenvalue weighted by Gasteiger charge is 2.31. The summed E-state index contributed by atoms with van der Waals surface area (Å²) in [6, 6.07) is 18.1. The fourth-order valence-corrected chi connectivity index (χ4v) is 4.63. The first kappa shape index (κ1) is 23.6. The topological polar surface area (TPSA) is 131 Å². The van der Waals surface area contributed by atoms with Crippen molar-refractivity contribution in [2.45, 2.75) is 24.7 Å². The fourth-order valence-electron chi connectivity index (χ4n) is 4.37. The first-order valence-electron chi connectivity index (χ1n) is 11.8. The predicted octanol–water partition coefficient (Wildman–Crippen LogP) is 3.42. The number of fused-ring (bicyclic) bond motifs is 1. The summed E-state index contributed by atoms with van der Waals surface area (Å²) in [4.78, 5) is 16.2. The molecule has 0 spiro atoms. The van der Waals surface area contributed by atoms with Crippen LogP contribution in [-0.4, -0.2) is 71.5 Å². The Morgan fingerprint density at radius 1 is 1.05 bits per heavy atom. The Bertz CT molecular complexity index is 1510. The summed E-state index contributed by atoms with van der Waals surface area (Å²) in [7, 11) is 0. The molecule has 3 N–H and O–H groups in total. The highest BCUT2D eigenvalue weighted by Crippen LogP contribution is 2.31. The molecular weight excluding hydrogens is 496 g/mol. The van der Waals surface area contributed by atoms with Crippen molar-refractivity contribution in [2.24, 2.45) is 0 Å². The highest BCUT2D eigenvalue weighted by molar-refractivity contribution is 6.33. The molecule has 3 aromatic heterocycles.